The number of nitrogens with one attached hydrogen (secondary N) is 1. The van der Waals surface area contributed by atoms with E-state index in [4.69, 9.17) is 0 Å². The van der Waals surface area contributed by atoms with Crippen molar-refractivity contribution in [2.45, 2.75) is 19.0 Å². The van der Waals surface area contributed by atoms with Gasteiger partial charge in [0.15, 0.2) is 0 Å². The molecule has 0 fully saturated rings. The quantitative estimate of drug-likeness (QED) is 0.332. The predicted molar refractivity (Wildman–Crippen MR) is 135 cm³/mol. The molecule has 2 heterocycles. The molecule has 0 saturated carbocycles. The lowest BCUT2D eigenvalue weighted by Crippen LogP contribution is -2.23. The van der Waals surface area contributed by atoms with Crippen LogP contribution in [0.2, 0.25) is 0 Å². The van der Waals surface area contributed by atoms with Crippen molar-refractivity contribution >= 4 is 17.3 Å². The number of hydrogen-bond acceptors (Lipinski definition) is 3. The topological polar surface area (TPSA) is 45.2 Å². The second-order valence-corrected chi connectivity index (χ2v) is 8.73. The van der Waals surface area contributed by atoms with Gasteiger partial charge in [-0.2, -0.15) is 13.2 Å². The van der Waals surface area contributed by atoms with Crippen molar-refractivity contribution in [2.75, 3.05) is 23.3 Å². The number of rotatable bonds is 6. The van der Waals surface area contributed by atoms with Crippen molar-refractivity contribution in [1.82, 2.24) is 4.98 Å². The van der Waals surface area contributed by atoms with Crippen molar-refractivity contribution in [3.63, 3.8) is 0 Å². The zero-order valence-corrected chi connectivity index (χ0v) is 19.4. The Morgan fingerprint density at radius 1 is 0.944 bits per heavy atom. The van der Waals surface area contributed by atoms with Crippen LogP contribution in [-0.4, -0.2) is 24.0 Å². The lowest BCUT2D eigenvalue weighted by molar-refractivity contribution is -0.137. The highest BCUT2D eigenvalue weighted by Gasteiger charge is 2.32. The van der Waals surface area contributed by atoms with Crippen LogP contribution in [0.15, 0.2) is 91.1 Å². The molecule has 36 heavy (non-hydrogen) atoms. The Morgan fingerprint density at radius 3 is 2.50 bits per heavy atom. The van der Waals surface area contributed by atoms with Crippen LogP contribution in [0.1, 0.15) is 27.2 Å². The minimum atomic E-state index is -4.55. The second kappa shape index (κ2) is 9.85. The third-order valence-electron chi connectivity index (χ3n) is 6.37. The average Bonchev–Trinajstić information content (AvgIpc) is 3.30. The summed E-state index contributed by atoms with van der Waals surface area (Å²) in [6.45, 7) is 1.70. The zero-order valence-electron chi connectivity index (χ0n) is 19.4. The van der Waals surface area contributed by atoms with Crippen LogP contribution in [0, 0.1) is 0 Å². The molecule has 1 aromatic heterocycles. The van der Waals surface area contributed by atoms with Crippen LogP contribution in [-0.2, 0) is 19.0 Å². The van der Waals surface area contributed by atoms with E-state index in [1.54, 1.807) is 36.5 Å². The van der Waals surface area contributed by atoms with Gasteiger partial charge in [0.25, 0.3) is 5.91 Å². The fourth-order valence-corrected chi connectivity index (χ4v) is 4.55. The summed E-state index contributed by atoms with van der Waals surface area (Å²) in [5.74, 6) is -0.579. The van der Waals surface area contributed by atoms with Crippen LogP contribution >= 0.6 is 0 Å². The standard InChI is InChI=1S/C29H24F3N3O/c30-29(31,32)22-9-11-25(20-6-2-1-3-7-20)26(19-22)28(36)34-24-10-12-27-21(18-24)13-16-35(27)17-14-23-8-4-5-15-33-23/h1-12,15,18-19H,13-14,16-17H2,(H,34,36). The normalized spacial score (nSPS) is 12.9. The summed E-state index contributed by atoms with van der Waals surface area (Å²) in [4.78, 5) is 19.9. The monoisotopic (exact) mass is 487 g/mol. The molecule has 182 valence electrons. The van der Waals surface area contributed by atoms with Crippen LogP contribution in [0.4, 0.5) is 24.5 Å². The molecule has 3 aromatic carbocycles. The van der Waals surface area contributed by atoms with E-state index in [9.17, 15) is 18.0 Å². The Morgan fingerprint density at radius 2 is 1.75 bits per heavy atom. The highest BCUT2D eigenvalue weighted by atomic mass is 19.4. The van der Waals surface area contributed by atoms with Crippen LogP contribution in [0.3, 0.4) is 0 Å². The molecule has 0 saturated heterocycles. The highest BCUT2D eigenvalue weighted by Crippen LogP contribution is 2.35. The minimum Gasteiger partial charge on any atom is -0.371 e. The van der Waals surface area contributed by atoms with Crippen LogP contribution in [0.5, 0.6) is 0 Å². The van der Waals surface area contributed by atoms with Gasteiger partial charge in [0.05, 0.1) is 5.56 Å². The number of carbonyl (C=O) groups excluding carboxylic acids is 1. The summed E-state index contributed by atoms with van der Waals surface area (Å²) in [7, 11) is 0. The number of benzene rings is 3. The number of aromatic nitrogens is 1. The summed E-state index contributed by atoms with van der Waals surface area (Å²) in [5.41, 5.74) is 4.04. The summed E-state index contributed by atoms with van der Waals surface area (Å²) < 4.78 is 40.2. The van der Waals surface area contributed by atoms with E-state index in [2.05, 4.69) is 15.2 Å². The maximum atomic E-state index is 13.4. The van der Waals surface area contributed by atoms with Crippen LogP contribution in [0.25, 0.3) is 11.1 Å². The molecule has 4 nitrogen and oxygen atoms in total. The van der Waals surface area contributed by atoms with E-state index >= 15 is 0 Å². The minimum absolute atomic E-state index is 0.0199. The van der Waals surface area contributed by atoms with E-state index in [0.717, 1.165) is 55.0 Å². The van der Waals surface area contributed by atoms with Gasteiger partial charge in [-0.15, -0.1) is 0 Å². The van der Waals surface area contributed by atoms with Gasteiger partial charge in [0.2, 0.25) is 0 Å². The fraction of sp³-hybridized carbons (Fsp3) is 0.172. The second-order valence-electron chi connectivity index (χ2n) is 8.73. The maximum absolute atomic E-state index is 13.4. The van der Waals surface area contributed by atoms with Gasteiger partial charge in [-0.3, -0.25) is 9.78 Å². The summed E-state index contributed by atoms with van der Waals surface area (Å²) in [6.07, 6.45) is -1.09. The van der Waals surface area contributed by atoms with E-state index in [1.165, 1.54) is 6.07 Å². The number of pyridine rings is 1. The summed E-state index contributed by atoms with van der Waals surface area (Å²) in [5, 5.41) is 2.81. The van der Waals surface area contributed by atoms with E-state index in [1.807, 2.05) is 36.4 Å². The SMILES string of the molecule is O=C(Nc1ccc2c(c1)CCN2CCc1ccccn1)c1cc(C(F)(F)F)ccc1-c1ccccc1. The number of alkyl halides is 3. The smallest absolute Gasteiger partial charge is 0.371 e. The number of hydrogen-bond donors (Lipinski definition) is 1. The molecular weight excluding hydrogens is 463 g/mol. The maximum Gasteiger partial charge on any atom is 0.416 e. The Bertz CT molecular complexity index is 1370. The number of carbonyl (C=O) groups is 1. The molecule has 0 aliphatic carbocycles. The third-order valence-corrected chi connectivity index (χ3v) is 6.37. The predicted octanol–water partition coefficient (Wildman–Crippen LogP) is 6.62. The highest BCUT2D eigenvalue weighted by molar-refractivity contribution is 6.09. The Hall–Kier alpha value is -4.13. The molecule has 0 unspecified atom stereocenters. The number of halogens is 3. The first kappa shape index (κ1) is 23.6. The van der Waals surface area contributed by atoms with E-state index in [0.29, 0.717) is 16.8 Å². The van der Waals surface area contributed by atoms with Crippen molar-refractivity contribution in [1.29, 1.82) is 0 Å². The van der Waals surface area contributed by atoms with E-state index in [-0.39, 0.29) is 5.56 Å². The average molecular weight is 488 g/mol. The number of amides is 1. The first-order valence-electron chi connectivity index (χ1n) is 11.7. The van der Waals surface area contributed by atoms with Crippen molar-refractivity contribution < 1.29 is 18.0 Å². The summed E-state index contributed by atoms with van der Waals surface area (Å²) in [6, 6.07) is 23.8. The van der Waals surface area contributed by atoms with Gasteiger partial charge in [-0.1, -0.05) is 42.5 Å². The molecule has 0 atom stereocenters. The molecule has 1 amide bonds. The first-order chi connectivity index (χ1) is 17.4. The molecular formula is C29H24F3N3O. The molecule has 5 rings (SSSR count). The van der Waals surface area contributed by atoms with Gasteiger partial charge in [0, 0.05) is 48.3 Å². The van der Waals surface area contributed by atoms with Crippen molar-refractivity contribution in [3.05, 3.63) is 114 Å². The molecule has 1 aliphatic rings. The molecule has 0 spiro atoms. The molecule has 0 radical (unpaired) electrons. The third kappa shape index (κ3) is 5.10. The Labute approximate surface area is 207 Å². The Kier molecular flexibility index (Phi) is 6.46. The fourth-order valence-electron chi connectivity index (χ4n) is 4.55. The molecule has 0 bridgehead atoms. The van der Waals surface area contributed by atoms with E-state index < -0.39 is 17.6 Å². The largest absolute Gasteiger partial charge is 0.416 e. The molecule has 7 heteroatoms. The van der Waals surface area contributed by atoms with Gasteiger partial charge < -0.3 is 10.2 Å². The molecule has 4 aromatic rings. The van der Waals surface area contributed by atoms with Gasteiger partial charge in [-0.05, 0) is 65.6 Å². The van der Waals surface area contributed by atoms with Crippen LogP contribution < -0.4 is 10.2 Å². The lowest BCUT2D eigenvalue weighted by Gasteiger charge is -2.19. The number of nitrogens with zero attached hydrogens (tertiary/aromatic N) is 2. The van der Waals surface area contributed by atoms with Gasteiger partial charge in [0.1, 0.15) is 0 Å². The first-order valence-corrected chi connectivity index (χ1v) is 11.7. The van der Waals surface area contributed by atoms with Gasteiger partial charge >= 0.3 is 6.18 Å². The number of fused-ring (bicyclic) bond motifs is 1. The van der Waals surface area contributed by atoms with Gasteiger partial charge in [-0.25, -0.2) is 0 Å². The lowest BCUT2D eigenvalue weighted by atomic mass is 9.96. The molecule has 1 N–H and O–H groups in total. The van der Waals surface area contributed by atoms with Crippen molar-refractivity contribution in [2.24, 2.45) is 0 Å². The molecule has 1 aliphatic heterocycles. The Balaban J connectivity index is 1.36. The zero-order chi connectivity index (χ0) is 25.1. The van der Waals surface area contributed by atoms with Crippen molar-refractivity contribution in [3.8, 4) is 11.1 Å². The summed E-state index contributed by atoms with van der Waals surface area (Å²) >= 11 is 0. The number of anilines is 2.